The average Bonchev–Trinajstić information content (AvgIpc) is 2.85. The van der Waals surface area contributed by atoms with E-state index in [1.165, 1.54) is 18.0 Å². The van der Waals surface area contributed by atoms with E-state index in [9.17, 15) is 9.59 Å². The number of hydrogen-bond donors (Lipinski definition) is 1. The number of carbonyl (C=O) groups excluding carboxylic acids is 1. The SMILES string of the molecule is COc1cc(C=Nn2c(-c3ccccc3)nc3ccccc3c2=O)c(Br)c(Br)c1OCC(N)=O. The molecule has 0 spiro atoms. The van der Waals surface area contributed by atoms with Gasteiger partial charge in [-0.15, -0.1) is 0 Å². The molecule has 0 aliphatic rings. The molecule has 0 radical (unpaired) electrons. The highest BCUT2D eigenvalue weighted by molar-refractivity contribution is 9.13. The Kier molecular flexibility index (Phi) is 7.09. The first kappa shape index (κ1) is 23.7. The number of fused-ring (bicyclic) bond motifs is 1. The summed E-state index contributed by atoms with van der Waals surface area (Å²) in [4.78, 5) is 29.1. The number of carbonyl (C=O) groups is 1. The van der Waals surface area contributed by atoms with Crippen molar-refractivity contribution in [3.63, 3.8) is 0 Å². The summed E-state index contributed by atoms with van der Waals surface area (Å²) in [6, 6.07) is 18.1. The molecule has 8 nitrogen and oxygen atoms in total. The molecule has 0 saturated heterocycles. The number of amides is 1. The van der Waals surface area contributed by atoms with Crippen LogP contribution in [0, 0.1) is 0 Å². The molecule has 1 amide bonds. The van der Waals surface area contributed by atoms with Gasteiger partial charge >= 0.3 is 0 Å². The van der Waals surface area contributed by atoms with Crippen LogP contribution in [0.5, 0.6) is 11.5 Å². The van der Waals surface area contributed by atoms with Crippen LogP contribution in [0.3, 0.4) is 0 Å². The molecule has 172 valence electrons. The first-order valence-electron chi connectivity index (χ1n) is 9.99. The molecule has 0 atom stereocenters. The van der Waals surface area contributed by atoms with E-state index in [2.05, 4.69) is 41.9 Å². The van der Waals surface area contributed by atoms with Crippen LogP contribution in [0.2, 0.25) is 0 Å². The summed E-state index contributed by atoms with van der Waals surface area (Å²) >= 11 is 6.95. The number of halogens is 2. The van der Waals surface area contributed by atoms with Crippen LogP contribution in [0.15, 0.2) is 79.5 Å². The maximum absolute atomic E-state index is 13.3. The summed E-state index contributed by atoms with van der Waals surface area (Å²) in [6.07, 6.45) is 1.51. The van der Waals surface area contributed by atoms with Crippen molar-refractivity contribution in [2.24, 2.45) is 10.8 Å². The number of ether oxygens (including phenoxy) is 2. The molecule has 0 fully saturated rings. The second-order valence-electron chi connectivity index (χ2n) is 7.06. The highest BCUT2D eigenvalue weighted by atomic mass is 79.9. The van der Waals surface area contributed by atoms with E-state index in [0.717, 1.165) is 5.56 Å². The molecule has 0 saturated carbocycles. The highest BCUT2D eigenvalue weighted by Gasteiger charge is 2.18. The lowest BCUT2D eigenvalue weighted by molar-refractivity contribution is -0.119. The number of hydrogen-bond acceptors (Lipinski definition) is 6. The fraction of sp³-hybridized carbons (Fsp3) is 0.0833. The number of benzene rings is 3. The van der Waals surface area contributed by atoms with Crippen molar-refractivity contribution >= 4 is 54.9 Å². The normalized spacial score (nSPS) is 11.1. The predicted molar refractivity (Wildman–Crippen MR) is 138 cm³/mol. The van der Waals surface area contributed by atoms with Crippen LogP contribution in [0.4, 0.5) is 0 Å². The van der Waals surface area contributed by atoms with Gasteiger partial charge in [-0.25, -0.2) is 4.98 Å². The smallest absolute Gasteiger partial charge is 0.282 e. The Morgan fingerprint density at radius 3 is 2.53 bits per heavy atom. The van der Waals surface area contributed by atoms with Crippen LogP contribution in [0.25, 0.3) is 22.3 Å². The Morgan fingerprint density at radius 2 is 1.82 bits per heavy atom. The standard InChI is InChI=1S/C24H18Br2N4O4/c1-33-18-11-15(20(25)21(26)22(18)34-13-19(27)31)12-28-30-23(14-7-3-2-4-8-14)29-17-10-6-5-9-16(17)24(30)32/h2-12H,13H2,1H3,(H2,27,31). The molecule has 0 unspecified atom stereocenters. The molecule has 4 rings (SSSR count). The molecule has 4 aromatic rings. The lowest BCUT2D eigenvalue weighted by Crippen LogP contribution is -2.20. The molecule has 2 N–H and O–H groups in total. The van der Waals surface area contributed by atoms with Gasteiger partial charge in [0.25, 0.3) is 11.5 Å². The van der Waals surface area contributed by atoms with Gasteiger partial charge in [0.15, 0.2) is 23.9 Å². The molecule has 10 heteroatoms. The fourth-order valence-corrected chi connectivity index (χ4v) is 4.19. The third kappa shape index (κ3) is 4.73. The summed E-state index contributed by atoms with van der Waals surface area (Å²) in [6.45, 7) is -0.312. The monoisotopic (exact) mass is 584 g/mol. The largest absolute Gasteiger partial charge is 0.493 e. The number of nitrogens with zero attached hydrogens (tertiary/aromatic N) is 3. The van der Waals surface area contributed by atoms with Gasteiger partial charge in [-0.3, -0.25) is 9.59 Å². The average molecular weight is 586 g/mol. The van der Waals surface area contributed by atoms with Crippen LogP contribution in [-0.2, 0) is 4.79 Å². The van der Waals surface area contributed by atoms with Crippen LogP contribution in [0.1, 0.15) is 5.56 Å². The van der Waals surface area contributed by atoms with Gasteiger partial charge in [0.1, 0.15) is 0 Å². The van der Waals surface area contributed by atoms with Crippen molar-refractivity contribution in [2.45, 2.75) is 0 Å². The van der Waals surface area contributed by atoms with E-state index < -0.39 is 5.91 Å². The third-order valence-electron chi connectivity index (χ3n) is 4.83. The number of aromatic nitrogens is 2. The molecule has 1 aromatic heterocycles. The predicted octanol–water partition coefficient (Wildman–Crippen LogP) is 4.34. The topological polar surface area (TPSA) is 109 Å². The van der Waals surface area contributed by atoms with E-state index in [-0.39, 0.29) is 12.2 Å². The van der Waals surface area contributed by atoms with Gasteiger partial charge in [-0.2, -0.15) is 9.78 Å². The van der Waals surface area contributed by atoms with Crippen molar-refractivity contribution in [1.29, 1.82) is 0 Å². The third-order valence-corrected chi connectivity index (χ3v) is 6.98. The van der Waals surface area contributed by atoms with E-state index in [0.29, 0.717) is 42.7 Å². The van der Waals surface area contributed by atoms with Gasteiger partial charge in [0, 0.05) is 15.6 Å². The van der Waals surface area contributed by atoms with Gasteiger partial charge in [-0.1, -0.05) is 42.5 Å². The molecule has 1 heterocycles. The number of rotatable bonds is 7. The second-order valence-corrected chi connectivity index (χ2v) is 8.65. The number of methoxy groups -OCH3 is 1. The Morgan fingerprint density at radius 1 is 1.12 bits per heavy atom. The van der Waals surface area contributed by atoms with Gasteiger partial charge in [0.2, 0.25) is 0 Å². The van der Waals surface area contributed by atoms with Crippen molar-refractivity contribution in [1.82, 2.24) is 9.66 Å². The Hall–Kier alpha value is -3.50. The number of para-hydroxylation sites is 1. The maximum atomic E-state index is 13.3. The van der Waals surface area contributed by atoms with E-state index in [4.69, 9.17) is 15.2 Å². The van der Waals surface area contributed by atoms with Crippen molar-refractivity contribution in [3.05, 3.63) is 85.5 Å². The molecule has 0 bridgehead atoms. The minimum Gasteiger partial charge on any atom is -0.493 e. The number of nitrogens with two attached hydrogens (primary N) is 1. The molecule has 3 aromatic carbocycles. The molecular weight excluding hydrogens is 568 g/mol. The van der Waals surface area contributed by atoms with Crippen molar-refractivity contribution in [3.8, 4) is 22.9 Å². The first-order valence-corrected chi connectivity index (χ1v) is 11.6. The fourth-order valence-electron chi connectivity index (χ4n) is 3.25. The lowest BCUT2D eigenvalue weighted by Gasteiger charge is -2.14. The first-order chi connectivity index (χ1) is 16.4. The van der Waals surface area contributed by atoms with Crippen molar-refractivity contribution in [2.75, 3.05) is 13.7 Å². The quantitative estimate of drug-likeness (QED) is 0.324. The molecule has 0 aliphatic carbocycles. The van der Waals surface area contributed by atoms with Gasteiger partial charge in [-0.05, 0) is 50.1 Å². The van der Waals surface area contributed by atoms with Crippen LogP contribution < -0.4 is 20.8 Å². The van der Waals surface area contributed by atoms with Crippen molar-refractivity contribution < 1.29 is 14.3 Å². The molecular formula is C24H18Br2N4O4. The minimum atomic E-state index is -0.618. The zero-order chi connectivity index (χ0) is 24.2. The van der Waals surface area contributed by atoms with E-state index in [1.54, 1.807) is 24.3 Å². The van der Waals surface area contributed by atoms with E-state index in [1.807, 2.05) is 36.4 Å². The number of primary amides is 1. The summed E-state index contributed by atoms with van der Waals surface area (Å²) in [5.74, 6) is 0.446. The summed E-state index contributed by atoms with van der Waals surface area (Å²) in [7, 11) is 1.47. The highest BCUT2D eigenvalue weighted by Crippen LogP contribution is 2.42. The Bertz CT molecular complexity index is 1470. The Balaban J connectivity index is 1.86. The summed E-state index contributed by atoms with van der Waals surface area (Å²) < 4.78 is 13.2. The zero-order valence-electron chi connectivity index (χ0n) is 17.9. The maximum Gasteiger partial charge on any atom is 0.282 e. The van der Waals surface area contributed by atoms with Crippen LogP contribution >= 0.6 is 31.9 Å². The second kappa shape index (κ2) is 10.2. The summed E-state index contributed by atoms with van der Waals surface area (Å²) in [5, 5.41) is 4.93. The van der Waals surface area contributed by atoms with Crippen LogP contribution in [-0.4, -0.2) is 35.5 Å². The van der Waals surface area contributed by atoms with Gasteiger partial charge in [0.05, 0.1) is 28.7 Å². The molecule has 34 heavy (non-hydrogen) atoms. The summed E-state index contributed by atoms with van der Waals surface area (Å²) in [5.41, 5.74) is 6.81. The zero-order valence-corrected chi connectivity index (χ0v) is 21.0. The lowest BCUT2D eigenvalue weighted by atomic mass is 10.2. The molecule has 0 aliphatic heterocycles. The van der Waals surface area contributed by atoms with Gasteiger partial charge < -0.3 is 15.2 Å². The minimum absolute atomic E-state index is 0.302. The Labute approximate surface area is 211 Å². The van der Waals surface area contributed by atoms with E-state index >= 15 is 0 Å².